The molecule has 2 atom stereocenters. The van der Waals surface area contributed by atoms with Gasteiger partial charge in [0.15, 0.2) is 0 Å². The van der Waals surface area contributed by atoms with Crippen molar-refractivity contribution in [2.75, 3.05) is 6.61 Å². The zero-order chi connectivity index (χ0) is 14.2. The first kappa shape index (κ1) is 14.5. The minimum Gasteiger partial charge on any atom is -0.388 e. The van der Waals surface area contributed by atoms with E-state index in [1.807, 2.05) is 0 Å². The Kier molecular flexibility index (Phi) is 4.16. The van der Waals surface area contributed by atoms with E-state index in [1.165, 1.54) is 18.9 Å². The topological polar surface area (TPSA) is 29.5 Å². The first-order valence-corrected chi connectivity index (χ1v) is 8.17. The summed E-state index contributed by atoms with van der Waals surface area (Å²) in [7, 11) is 0. The van der Waals surface area contributed by atoms with Crippen molar-refractivity contribution in [3.8, 4) is 0 Å². The largest absolute Gasteiger partial charge is 0.388 e. The Morgan fingerprint density at radius 1 is 1.35 bits per heavy atom. The molecule has 1 spiro atoms. The first-order valence-electron chi connectivity index (χ1n) is 7.37. The summed E-state index contributed by atoms with van der Waals surface area (Å²) in [6.45, 7) is 0.703. The van der Waals surface area contributed by atoms with E-state index < -0.39 is 6.10 Å². The minimum absolute atomic E-state index is 0.0241. The Bertz CT molecular complexity index is 485. The third-order valence-corrected chi connectivity index (χ3v) is 5.63. The fraction of sp³-hybridized carbons (Fsp3) is 0.625. The zero-order valence-electron chi connectivity index (χ0n) is 11.4. The maximum absolute atomic E-state index is 13.6. The molecule has 1 aliphatic heterocycles. The van der Waals surface area contributed by atoms with Crippen molar-refractivity contribution >= 4 is 15.9 Å². The van der Waals surface area contributed by atoms with Crippen LogP contribution in [0.5, 0.6) is 0 Å². The summed E-state index contributed by atoms with van der Waals surface area (Å²) in [5, 5.41) is 10.6. The fourth-order valence-electron chi connectivity index (χ4n) is 3.71. The van der Waals surface area contributed by atoms with Crippen LogP contribution in [0.15, 0.2) is 22.7 Å². The van der Waals surface area contributed by atoms with Crippen molar-refractivity contribution in [3.05, 3.63) is 34.1 Å². The molecule has 1 aromatic carbocycles. The highest BCUT2D eigenvalue weighted by molar-refractivity contribution is 9.10. The van der Waals surface area contributed by atoms with Gasteiger partial charge in [-0.05, 0) is 59.2 Å². The third-order valence-electron chi connectivity index (χ3n) is 4.79. The van der Waals surface area contributed by atoms with Crippen LogP contribution in [0.1, 0.15) is 50.2 Å². The Balaban J connectivity index is 1.79. The molecular weight excluding hydrogens is 323 g/mol. The van der Waals surface area contributed by atoms with Gasteiger partial charge in [0.25, 0.3) is 0 Å². The van der Waals surface area contributed by atoms with Gasteiger partial charge in [0, 0.05) is 6.61 Å². The predicted molar refractivity (Wildman–Crippen MR) is 78.9 cm³/mol. The maximum Gasteiger partial charge on any atom is 0.137 e. The van der Waals surface area contributed by atoms with Crippen molar-refractivity contribution in [3.63, 3.8) is 0 Å². The van der Waals surface area contributed by atoms with E-state index in [2.05, 4.69) is 15.9 Å². The molecule has 2 fully saturated rings. The van der Waals surface area contributed by atoms with Gasteiger partial charge in [0.1, 0.15) is 5.82 Å². The lowest BCUT2D eigenvalue weighted by atomic mass is 9.80. The smallest absolute Gasteiger partial charge is 0.137 e. The van der Waals surface area contributed by atoms with Crippen LogP contribution in [0, 0.1) is 11.7 Å². The molecule has 1 saturated heterocycles. The Morgan fingerprint density at radius 3 is 2.85 bits per heavy atom. The highest BCUT2D eigenvalue weighted by Crippen LogP contribution is 2.46. The number of hydrogen-bond donors (Lipinski definition) is 1. The molecular formula is C16H20BrFO2. The van der Waals surface area contributed by atoms with Gasteiger partial charge in [-0.15, -0.1) is 0 Å². The fourth-order valence-corrected chi connectivity index (χ4v) is 4.20. The molecule has 3 rings (SSSR count). The van der Waals surface area contributed by atoms with Gasteiger partial charge < -0.3 is 9.84 Å². The van der Waals surface area contributed by atoms with Crippen LogP contribution in [0.4, 0.5) is 4.39 Å². The third kappa shape index (κ3) is 2.66. The highest BCUT2D eigenvalue weighted by atomic mass is 79.9. The van der Waals surface area contributed by atoms with Gasteiger partial charge in [-0.2, -0.15) is 0 Å². The highest BCUT2D eigenvalue weighted by Gasteiger charge is 2.42. The Hall–Kier alpha value is -0.450. The number of ether oxygens (including phenoxy) is 1. The Morgan fingerprint density at radius 2 is 2.10 bits per heavy atom. The molecule has 0 amide bonds. The first-order chi connectivity index (χ1) is 9.61. The molecule has 1 saturated carbocycles. The van der Waals surface area contributed by atoms with Crippen LogP contribution in [-0.2, 0) is 4.74 Å². The number of rotatable bonds is 2. The second-order valence-electron chi connectivity index (χ2n) is 6.08. The summed E-state index contributed by atoms with van der Waals surface area (Å²) in [5.74, 6) is -0.163. The van der Waals surface area contributed by atoms with Crippen molar-refractivity contribution < 1.29 is 14.2 Å². The Labute approximate surface area is 127 Å². The van der Waals surface area contributed by atoms with Gasteiger partial charge in [-0.1, -0.05) is 25.0 Å². The van der Waals surface area contributed by atoms with Crippen LogP contribution in [0.2, 0.25) is 0 Å². The summed E-state index contributed by atoms with van der Waals surface area (Å²) in [4.78, 5) is 0. The molecule has 1 aromatic rings. The monoisotopic (exact) mass is 342 g/mol. The zero-order valence-corrected chi connectivity index (χ0v) is 13.0. The van der Waals surface area contributed by atoms with Crippen molar-refractivity contribution in [1.82, 2.24) is 0 Å². The molecule has 0 radical (unpaired) electrons. The molecule has 2 aliphatic rings. The number of aliphatic hydroxyl groups is 1. The SMILES string of the molecule is OC(c1cccc(F)c1Br)C1CCOC2(CCCC2)C1. The van der Waals surface area contributed by atoms with Gasteiger partial charge in [-0.3, -0.25) is 0 Å². The van der Waals surface area contributed by atoms with Crippen LogP contribution in [-0.4, -0.2) is 17.3 Å². The van der Waals surface area contributed by atoms with E-state index in [9.17, 15) is 9.50 Å². The number of halogens is 2. The van der Waals surface area contributed by atoms with E-state index in [4.69, 9.17) is 4.74 Å². The van der Waals surface area contributed by atoms with Crippen LogP contribution >= 0.6 is 15.9 Å². The summed E-state index contributed by atoms with van der Waals surface area (Å²) in [6.07, 6.45) is 5.73. The molecule has 0 bridgehead atoms. The summed E-state index contributed by atoms with van der Waals surface area (Å²) >= 11 is 3.26. The van der Waals surface area contributed by atoms with Crippen LogP contribution in [0.3, 0.4) is 0 Å². The standard InChI is InChI=1S/C16H20BrFO2/c17-14-12(4-3-5-13(14)18)15(19)11-6-9-20-16(10-11)7-1-2-8-16/h3-5,11,15,19H,1-2,6-10H2. The molecule has 0 aromatic heterocycles. The van der Waals surface area contributed by atoms with Crippen molar-refractivity contribution in [2.24, 2.45) is 5.92 Å². The summed E-state index contributed by atoms with van der Waals surface area (Å²) < 4.78 is 20.0. The molecule has 1 heterocycles. The normalized spacial score (nSPS) is 26.9. The molecule has 4 heteroatoms. The number of aliphatic hydroxyl groups excluding tert-OH is 1. The van der Waals surface area contributed by atoms with Crippen molar-refractivity contribution in [2.45, 2.75) is 50.2 Å². The second kappa shape index (κ2) is 5.74. The van der Waals surface area contributed by atoms with E-state index in [0.717, 1.165) is 25.7 Å². The van der Waals surface area contributed by atoms with E-state index in [1.54, 1.807) is 12.1 Å². The second-order valence-corrected chi connectivity index (χ2v) is 6.87. The minimum atomic E-state index is -0.624. The molecule has 2 nitrogen and oxygen atoms in total. The predicted octanol–water partition coefficient (Wildman–Crippen LogP) is 4.36. The lowest BCUT2D eigenvalue weighted by Gasteiger charge is -2.40. The summed E-state index contributed by atoms with van der Waals surface area (Å²) in [5.41, 5.74) is 0.633. The van der Waals surface area contributed by atoms with Gasteiger partial charge in [0.2, 0.25) is 0 Å². The summed E-state index contributed by atoms with van der Waals surface area (Å²) in [6, 6.07) is 4.86. The average Bonchev–Trinajstić information content (AvgIpc) is 2.89. The number of benzene rings is 1. The average molecular weight is 343 g/mol. The van der Waals surface area contributed by atoms with E-state index in [0.29, 0.717) is 16.6 Å². The lowest BCUT2D eigenvalue weighted by Crippen LogP contribution is -2.39. The molecule has 1 N–H and O–H groups in total. The molecule has 2 unspecified atom stereocenters. The van der Waals surface area contributed by atoms with Gasteiger partial charge in [0.05, 0.1) is 16.2 Å². The van der Waals surface area contributed by atoms with E-state index >= 15 is 0 Å². The lowest BCUT2D eigenvalue weighted by molar-refractivity contribution is -0.113. The molecule has 1 aliphatic carbocycles. The molecule has 110 valence electrons. The van der Waals surface area contributed by atoms with E-state index in [-0.39, 0.29) is 17.3 Å². The van der Waals surface area contributed by atoms with Gasteiger partial charge in [-0.25, -0.2) is 4.39 Å². The maximum atomic E-state index is 13.6. The van der Waals surface area contributed by atoms with Crippen LogP contribution in [0.25, 0.3) is 0 Å². The van der Waals surface area contributed by atoms with Crippen LogP contribution < -0.4 is 0 Å². The number of hydrogen-bond acceptors (Lipinski definition) is 2. The quantitative estimate of drug-likeness (QED) is 0.865. The van der Waals surface area contributed by atoms with Gasteiger partial charge >= 0.3 is 0 Å². The van der Waals surface area contributed by atoms with Crippen molar-refractivity contribution in [1.29, 1.82) is 0 Å². The molecule has 20 heavy (non-hydrogen) atoms.